The van der Waals surface area contributed by atoms with E-state index in [0.717, 1.165) is 6.92 Å². The van der Waals surface area contributed by atoms with Crippen LogP contribution in [-0.2, 0) is 36.2 Å². The van der Waals surface area contributed by atoms with Crippen LogP contribution >= 0.6 is 0 Å². The molecule has 1 aromatic rings. The van der Waals surface area contributed by atoms with Gasteiger partial charge in [-0.1, -0.05) is 20.3 Å². The molecule has 0 aliphatic rings. The first-order valence-electron chi connectivity index (χ1n) is 7.68. The quantitative estimate of drug-likeness (QED) is 0.300. The maximum absolute atomic E-state index is 13.5. The summed E-state index contributed by atoms with van der Waals surface area (Å²) in [6.45, 7) is 0.957. The second-order valence-corrected chi connectivity index (χ2v) is 6.51. The van der Waals surface area contributed by atoms with Crippen LogP contribution in [0.25, 0.3) is 0 Å². The highest BCUT2D eigenvalue weighted by molar-refractivity contribution is 6.16. The van der Waals surface area contributed by atoms with Gasteiger partial charge in [0, 0.05) is 0 Å². The van der Waals surface area contributed by atoms with Gasteiger partial charge in [0.15, 0.2) is 0 Å². The molecule has 0 saturated carbocycles. The van der Waals surface area contributed by atoms with E-state index < -0.39 is 76.0 Å². The van der Waals surface area contributed by atoms with Crippen molar-refractivity contribution in [2.24, 2.45) is 0 Å². The van der Waals surface area contributed by atoms with Crippen LogP contribution in [0, 0.1) is 0 Å². The molecule has 0 nitrogen and oxygen atoms in total. The molecule has 0 heterocycles. The molecule has 0 saturated heterocycles. The lowest BCUT2D eigenvalue weighted by molar-refractivity contribution is -0.189. The molecule has 176 valence electrons. The lowest BCUT2D eigenvalue weighted by Crippen LogP contribution is -2.38. The van der Waals surface area contributed by atoms with Crippen molar-refractivity contribution in [2.75, 3.05) is 0 Å². The Morgan fingerprint density at radius 1 is 0.452 bits per heavy atom. The molecule has 31 heavy (non-hydrogen) atoms. The molecule has 0 aliphatic carbocycles. The summed E-state index contributed by atoms with van der Waals surface area (Å²) in [5.74, 6) is 0. The van der Waals surface area contributed by atoms with Crippen LogP contribution in [0.3, 0.4) is 0 Å². The van der Waals surface area contributed by atoms with Crippen molar-refractivity contribution in [1.29, 1.82) is 0 Å². The summed E-state index contributed by atoms with van der Waals surface area (Å²) in [5, 5.41) is -3.19. The van der Waals surface area contributed by atoms with Crippen LogP contribution in [-0.4, -0.2) is 7.85 Å². The minimum atomic E-state index is -6.91. The SMILES string of the molecule is [B]C(C)(CC)c1c(C(F)(F)F)c(C(F)(F)F)c(C(F)(F)F)c(C(F)(F)F)c1C(F)(F)F. The molecule has 1 unspecified atom stereocenters. The fraction of sp³-hybridized carbons (Fsp3) is 0.600. The number of hydrogen-bond acceptors (Lipinski definition) is 0. The highest BCUT2D eigenvalue weighted by Crippen LogP contribution is 2.58. The fourth-order valence-electron chi connectivity index (χ4n) is 2.92. The van der Waals surface area contributed by atoms with Gasteiger partial charge in [-0.3, -0.25) is 0 Å². The van der Waals surface area contributed by atoms with E-state index in [-0.39, 0.29) is 6.92 Å². The van der Waals surface area contributed by atoms with Crippen LogP contribution in [0.5, 0.6) is 0 Å². The second kappa shape index (κ2) is 7.39. The van der Waals surface area contributed by atoms with Gasteiger partial charge in [-0.15, -0.1) is 0 Å². The average Bonchev–Trinajstić information content (AvgIpc) is 2.47. The van der Waals surface area contributed by atoms with E-state index in [4.69, 9.17) is 7.85 Å². The first-order valence-corrected chi connectivity index (χ1v) is 7.68. The monoisotopic (exact) mass is 484 g/mol. The smallest absolute Gasteiger partial charge is 0.166 e. The summed E-state index contributed by atoms with van der Waals surface area (Å²) in [6.07, 6.45) is -34.8. The van der Waals surface area contributed by atoms with E-state index in [9.17, 15) is 65.9 Å². The molecule has 0 aliphatic heterocycles. The highest BCUT2D eigenvalue weighted by atomic mass is 19.4. The number of hydrogen-bond donors (Lipinski definition) is 0. The molecule has 0 spiro atoms. The van der Waals surface area contributed by atoms with E-state index in [1.807, 2.05) is 0 Å². The lowest BCUT2D eigenvalue weighted by atomic mass is 9.60. The van der Waals surface area contributed by atoms with Gasteiger partial charge >= 0.3 is 30.9 Å². The van der Waals surface area contributed by atoms with Crippen LogP contribution in [0.4, 0.5) is 65.9 Å². The zero-order valence-corrected chi connectivity index (χ0v) is 15.0. The molecule has 1 aromatic carbocycles. The van der Waals surface area contributed by atoms with Crippen molar-refractivity contribution in [1.82, 2.24) is 0 Å². The summed E-state index contributed by atoms with van der Waals surface area (Å²) in [5.41, 5.74) is -22.0. The zero-order chi connectivity index (χ0) is 25.2. The molecule has 0 bridgehead atoms. The Balaban J connectivity index is 4.90. The van der Waals surface area contributed by atoms with E-state index in [0.29, 0.717) is 0 Å². The summed E-state index contributed by atoms with van der Waals surface area (Å²) in [6, 6.07) is 0. The zero-order valence-electron chi connectivity index (χ0n) is 15.0. The Morgan fingerprint density at radius 2 is 0.613 bits per heavy atom. The third-order valence-corrected chi connectivity index (χ3v) is 4.22. The largest absolute Gasteiger partial charge is 0.417 e. The van der Waals surface area contributed by atoms with Gasteiger partial charge in [0.1, 0.15) is 0 Å². The van der Waals surface area contributed by atoms with Gasteiger partial charge in [-0.25, -0.2) is 0 Å². The Hall–Kier alpha value is -1.77. The van der Waals surface area contributed by atoms with Gasteiger partial charge in [0.2, 0.25) is 0 Å². The minimum absolute atomic E-state index is 0.236. The van der Waals surface area contributed by atoms with Gasteiger partial charge in [-0.2, -0.15) is 65.9 Å². The number of halogens is 15. The Morgan fingerprint density at radius 3 is 0.742 bits per heavy atom. The average molecular weight is 484 g/mol. The molecular weight excluding hydrogens is 476 g/mol. The predicted molar refractivity (Wildman–Crippen MR) is 74.8 cm³/mol. The van der Waals surface area contributed by atoms with Crippen LogP contribution in [0.2, 0.25) is 0 Å². The van der Waals surface area contributed by atoms with E-state index in [2.05, 4.69) is 0 Å². The number of benzene rings is 1. The van der Waals surface area contributed by atoms with Crippen molar-refractivity contribution in [3.05, 3.63) is 33.4 Å². The van der Waals surface area contributed by atoms with Crippen LogP contribution in [0.1, 0.15) is 53.6 Å². The molecule has 0 N–H and O–H groups in total. The normalized spacial score (nSPS) is 16.4. The van der Waals surface area contributed by atoms with Crippen molar-refractivity contribution in [3.8, 4) is 0 Å². The van der Waals surface area contributed by atoms with Gasteiger partial charge < -0.3 is 0 Å². The third-order valence-electron chi connectivity index (χ3n) is 4.22. The third kappa shape index (κ3) is 5.18. The van der Waals surface area contributed by atoms with E-state index >= 15 is 0 Å². The fourth-order valence-corrected chi connectivity index (χ4v) is 2.92. The molecule has 1 atom stereocenters. The topological polar surface area (TPSA) is 0 Å². The van der Waals surface area contributed by atoms with Crippen molar-refractivity contribution >= 4 is 7.85 Å². The van der Waals surface area contributed by atoms with Crippen molar-refractivity contribution in [3.63, 3.8) is 0 Å². The van der Waals surface area contributed by atoms with Crippen LogP contribution < -0.4 is 0 Å². The van der Waals surface area contributed by atoms with E-state index in [1.165, 1.54) is 0 Å². The highest BCUT2D eigenvalue weighted by Gasteiger charge is 2.61. The van der Waals surface area contributed by atoms with Crippen LogP contribution in [0.15, 0.2) is 0 Å². The Kier molecular flexibility index (Phi) is 6.50. The van der Waals surface area contributed by atoms with Gasteiger partial charge in [0.25, 0.3) is 0 Å². The molecule has 1 rings (SSSR count). The first kappa shape index (κ1) is 27.3. The summed E-state index contributed by atoms with van der Waals surface area (Å²) < 4.78 is 201. The molecule has 0 aromatic heterocycles. The van der Waals surface area contributed by atoms with Gasteiger partial charge in [-0.05, 0) is 10.9 Å². The van der Waals surface area contributed by atoms with Crippen molar-refractivity contribution < 1.29 is 65.9 Å². The van der Waals surface area contributed by atoms with Gasteiger partial charge in [0.05, 0.1) is 35.7 Å². The maximum Gasteiger partial charge on any atom is 0.417 e. The lowest BCUT2D eigenvalue weighted by Gasteiger charge is -2.36. The maximum atomic E-state index is 13.5. The molecular formula is C15H8BF15. The summed E-state index contributed by atoms with van der Waals surface area (Å²) in [7, 11) is 5.20. The predicted octanol–water partition coefficient (Wildman–Crippen LogP) is 7.57. The van der Waals surface area contributed by atoms with E-state index in [1.54, 1.807) is 0 Å². The van der Waals surface area contributed by atoms with Crippen molar-refractivity contribution in [2.45, 2.75) is 56.5 Å². The number of alkyl halides is 15. The minimum Gasteiger partial charge on any atom is -0.166 e. The first-order chi connectivity index (χ1) is 13.3. The molecule has 0 amide bonds. The molecule has 16 heteroatoms. The molecule has 2 radical (unpaired) electrons. The molecule has 0 fully saturated rings. The standard InChI is InChI=1S/C15H8BF15/c1-3-10(2,16)4-5(11(17,18)19)7(13(23,24)25)9(15(29,30)31)8(14(26,27)28)6(4)12(20,21)22/h3H2,1-2H3. The summed E-state index contributed by atoms with van der Waals surface area (Å²) >= 11 is 0. The summed E-state index contributed by atoms with van der Waals surface area (Å²) in [4.78, 5) is 0. The number of rotatable bonds is 2. The Bertz CT molecular complexity index is 778. The second-order valence-electron chi connectivity index (χ2n) is 6.51. The Labute approximate surface area is 164 Å².